The van der Waals surface area contributed by atoms with Crippen LogP contribution in [0.5, 0.6) is 0 Å². The number of rotatable bonds is 8. The van der Waals surface area contributed by atoms with E-state index in [1.165, 1.54) is 0 Å². The topological polar surface area (TPSA) is 67.3 Å². The Bertz CT molecular complexity index is 1100. The van der Waals surface area contributed by atoms with Crippen LogP contribution < -0.4 is 4.48 Å². The van der Waals surface area contributed by atoms with Crippen molar-refractivity contribution in [3.63, 3.8) is 0 Å². The summed E-state index contributed by atoms with van der Waals surface area (Å²) in [6, 6.07) is 22.1. The molecule has 2 aromatic carbocycles. The van der Waals surface area contributed by atoms with Gasteiger partial charge in [-0.15, -0.1) is 0 Å². The van der Waals surface area contributed by atoms with Crippen LogP contribution in [0.2, 0.25) is 0 Å². The van der Waals surface area contributed by atoms with Crippen molar-refractivity contribution in [2.24, 2.45) is 0 Å². The van der Waals surface area contributed by atoms with E-state index in [0.29, 0.717) is 28.2 Å². The Morgan fingerprint density at radius 3 is 2.13 bits per heavy atom. The zero-order valence-electron chi connectivity index (χ0n) is 17.1. The molecule has 1 unspecified atom stereocenters. The Morgan fingerprint density at radius 2 is 1.50 bits per heavy atom. The fraction of sp³-hybridized carbons (Fsp3) is 0.217. The second kappa shape index (κ2) is 10.1. The molecule has 0 spiro atoms. The zero-order valence-corrected chi connectivity index (χ0v) is 20.0. The van der Waals surface area contributed by atoms with Crippen LogP contribution in [-0.4, -0.2) is 51.9 Å². The Labute approximate surface area is 183 Å². The number of hydrogen-bond acceptors (Lipinski definition) is 4. The summed E-state index contributed by atoms with van der Waals surface area (Å²) in [5.74, 6) is 0.00371. The van der Waals surface area contributed by atoms with Crippen molar-refractivity contribution in [3.8, 4) is 11.1 Å². The number of carbonyl (C=O) groups excluding carboxylic acids is 1. The average molecular weight is 484 g/mol. The molecule has 0 saturated heterocycles. The number of hydrogen-bond donors (Lipinski definition) is 0. The molecule has 0 radical (unpaired) electrons. The van der Waals surface area contributed by atoms with Crippen molar-refractivity contribution in [1.29, 1.82) is 0 Å². The molecule has 1 atom stereocenters. The number of nitrogens with zero attached hydrogens (tertiary/aromatic N) is 2. The van der Waals surface area contributed by atoms with Crippen LogP contribution in [0.4, 0.5) is 0 Å². The fourth-order valence-corrected chi connectivity index (χ4v) is 8.68. The Balaban J connectivity index is 1.74. The normalized spacial score (nSPS) is 11.7. The van der Waals surface area contributed by atoms with E-state index in [1.807, 2.05) is 56.3 Å². The van der Waals surface area contributed by atoms with Crippen molar-refractivity contribution in [2.45, 2.75) is 25.2 Å². The van der Waals surface area contributed by atoms with Gasteiger partial charge < -0.3 is 0 Å². The maximum atomic E-state index is 12.9. The summed E-state index contributed by atoms with van der Waals surface area (Å²) in [6.07, 6.45) is 0.188. The molecule has 1 heterocycles. The van der Waals surface area contributed by atoms with Gasteiger partial charge in [0.25, 0.3) is 0 Å². The first-order chi connectivity index (χ1) is 14.4. The number of pyridine rings is 1. The van der Waals surface area contributed by atoms with Gasteiger partial charge in [-0.05, 0) is 0 Å². The van der Waals surface area contributed by atoms with Gasteiger partial charge in [0, 0.05) is 0 Å². The Hall–Kier alpha value is -2.43. The number of likely N-dealkylation sites (N-methyl/N-ethyl adjacent to an activating group) is 1. The van der Waals surface area contributed by atoms with Crippen molar-refractivity contribution < 1.29 is 13.2 Å². The van der Waals surface area contributed by atoms with E-state index >= 15 is 0 Å². The van der Waals surface area contributed by atoms with Crippen LogP contribution >= 0.6 is 0 Å². The van der Waals surface area contributed by atoms with Crippen LogP contribution in [-0.2, 0) is 19.3 Å². The zero-order chi connectivity index (χ0) is 21.6. The number of amides is 1. The predicted molar refractivity (Wildman–Crippen MR) is 122 cm³/mol. The Kier molecular flexibility index (Phi) is 7.46. The van der Waals surface area contributed by atoms with Crippen LogP contribution in [0.15, 0.2) is 77.7 Å². The fourth-order valence-electron chi connectivity index (χ4n) is 3.13. The summed E-state index contributed by atoms with van der Waals surface area (Å²) < 4.78 is 26.4. The Morgan fingerprint density at radius 1 is 0.867 bits per heavy atom. The third-order valence-corrected chi connectivity index (χ3v) is 11.2. The molecular formula is C23H25AsN2O3S. The van der Waals surface area contributed by atoms with E-state index in [0.717, 1.165) is 11.1 Å². The first-order valence-electron chi connectivity index (χ1n) is 9.85. The monoisotopic (exact) mass is 484 g/mol. The van der Waals surface area contributed by atoms with Gasteiger partial charge in [0.2, 0.25) is 0 Å². The van der Waals surface area contributed by atoms with Crippen LogP contribution in [0, 0.1) is 0 Å². The van der Waals surface area contributed by atoms with Gasteiger partial charge in [0.1, 0.15) is 0 Å². The summed E-state index contributed by atoms with van der Waals surface area (Å²) in [4.78, 5) is 18.8. The summed E-state index contributed by atoms with van der Waals surface area (Å²) in [5.41, 5.74) is 2.64. The third-order valence-electron chi connectivity index (χ3n) is 4.77. The minimum atomic E-state index is -3.42. The van der Waals surface area contributed by atoms with Crippen LogP contribution in [0.3, 0.4) is 0 Å². The van der Waals surface area contributed by atoms with Crippen molar-refractivity contribution in [1.82, 2.24) is 9.88 Å². The molecule has 0 aliphatic rings. The molecule has 5 nitrogen and oxygen atoms in total. The van der Waals surface area contributed by atoms with Crippen LogP contribution in [0.1, 0.15) is 19.5 Å². The number of carbonyl (C=O) groups is 1. The standard InChI is InChI=1S/C23H25AsN2O3S/c1-3-26(4-2)23(27)17-20-11-8-12-22(25-20)24-30(28,29)21-15-13-19(14-16-21)18-9-6-5-7-10-18/h5-16,24H,3-4,17H2,1-2H3. The molecule has 30 heavy (non-hydrogen) atoms. The third kappa shape index (κ3) is 5.58. The first-order valence-corrected chi connectivity index (χ1v) is 14.9. The molecule has 0 N–H and O–H groups in total. The van der Waals surface area contributed by atoms with Gasteiger partial charge in [-0.3, -0.25) is 0 Å². The van der Waals surface area contributed by atoms with Gasteiger partial charge in [-0.25, -0.2) is 0 Å². The molecule has 1 aromatic heterocycles. The van der Waals surface area contributed by atoms with E-state index in [9.17, 15) is 13.2 Å². The molecule has 3 aromatic rings. The second-order valence-corrected chi connectivity index (χ2v) is 14.2. The molecule has 0 aliphatic carbocycles. The van der Waals surface area contributed by atoms with E-state index < -0.39 is 22.7 Å². The predicted octanol–water partition coefficient (Wildman–Crippen LogP) is 2.61. The quantitative estimate of drug-likeness (QED) is 0.461. The second-order valence-electron chi connectivity index (χ2n) is 6.75. The molecule has 1 amide bonds. The van der Waals surface area contributed by atoms with Crippen molar-refractivity contribution in [2.75, 3.05) is 13.1 Å². The summed E-state index contributed by atoms with van der Waals surface area (Å²) in [5, 5.41) is 0. The maximum absolute atomic E-state index is 12.9. The summed E-state index contributed by atoms with van der Waals surface area (Å²) in [7, 11) is -3.42. The van der Waals surface area contributed by atoms with Crippen molar-refractivity contribution in [3.05, 3.63) is 78.5 Å². The van der Waals surface area contributed by atoms with Gasteiger partial charge in [0.05, 0.1) is 0 Å². The average Bonchev–Trinajstić information content (AvgIpc) is 2.75. The van der Waals surface area contributed by atoms with Gasteiger partial charge >= 0.3 is 184 Å². The van der Waals surface area contributed by atoms with E-state index in [-0.39, 0.29) is 12.3 Å². The molecule has 3 rings (SSSR count). The minimum absolute atomic E-state index is 0.00371. The van der Waals surface area contributed by atoms with E-state index in [2.05, 4.69) is 4.98 Å². The van der Waals surface area contributed by atoms with E-state index in [4.69, 9.17) is 0 Å². The van der Waals surface area contributed by atoms with E-state index in [1.54, 1.807) is 35.2 Å². The SMILES string of the molecule is CCN(CC)C(=O)Cc1cccc([AsH]S(=O)(=O)c2ccc(-c3ccccc3)cc2)n1. The number of aromatic nitrogens is 1. The molecule has 0 bridgehead atoms. The first kappa shape index (κ1) is 22.3. The number of benzene rings is 2. The molecule has 0 aliphatic heterocycles. The van der Waals surface area contributed by atoms with Gasteiger partial charge in [-0.1, -0.05) is 0 Å². The van der Waals surface area contributed by atoms with Crippen molar-refractivity contribution >= 4 is 33.1 Å². The van der Waals surface area contributed by atoms with Gasteiger partial charge in [-0.2, -0.15) is 0 Å². The summed E-state index contributed by atoms with van der Waals surface area (Å²) >= 11 is -1.56. The molecule has 0 fully saturated rings. The molecular weight excluding hydrogens is 459 g/mol. The summed E-state index contributed by atoms with van der Waals surface area (Å²) in [6.45, 7) is 5.17. The molecule has 0 saturated carbocycles. The molecule has 156 valence electrons. The van der Waals surface area contributed by atoms with Gasteiger partial charge in [0.15, 0.2) is 0 Å². The molecule has 7 heteroatoms. The van der Waals surface area contributed by atoms with Crippen LogP contribution in [0.25, 0.3) is 11.1 Å².